The smallest absolute Gasteiger partial charge is 0.225 e. The zero-order valence-corrected chi connectivity index (χ0v) is 11.0. The van der Waals surface area contributed by atoms with Gasteiger partial charge < -0.3 is 15.7 Å². The van der Waals surface area contributed by atoms with Crippen LogP contribution in [0.2, 0.25) is 0 Å². The van der Waals surface area contributed by atoms with Crippen molar-refractivity contribution in [2.24, 2.45) is 5.92 Å². The third-order valence-electron chi connectivity index (χ3n) is 2.78. The van der Waals surface area contributed by atoms with Crippen molar-refractivity contribution in [1.29, 1.82) is 0 Å². The van der Waals surface area contributed by atoms with Crippen LogP contribution in [0.4, 0.5) is 0 Å². The second kappa shape index (κ2) is 6.96. The van der Waals surface area contributed by atoms with E-state index in [0.717, 1.165) is 11.4 Å². The monoisotopic (exact) mass is 276 g/mol. The molecule has 0 aliphatic carbocycles. The lowest BCUT2D eigenvalue weighted by molar-refractivity contribution is -0.120. The molecule has 1 amide bonds. The van der Waals surface area contributed by atoms with Crippen molar-refractivity contribution in [2.75, 3.05) is 19.6 Å². The lowest BCUT2D eigenvalue weighted by atomic mass is 10.1. The molecular weight excluding hydrogens is 260 g/mol. The lowest BCUT2D eigenvalue weighted by Crippen LogP contribution is -2.35. The standard InChI is InChI=1S/C11H16N2O2S.ClH/c14-10-7-12-5-8(10)6-13-11(15)4-9-2-1-3-16-9;/h1-3,8,10,12,14H,4-7H2,(H,13,15);1H. The molecule has 1 saturated heterocycles. The van der Waals surface area contributed by atoms with Crippen LogP contribution in [-0.2, 0) is 11.2 Å². The Bertz CT molecular complexity index is 345. The van der Waals surface area contributed by atoms with E-state index in [1.54, 1.807) is 11.3 Å². The molecule has 2 heterocycles. The van der Waals surface area contributed by atoms with Crippen LogP contribution >= 0.6 is 23.7 Å². The Balaban J connectivity index is 0.00000144. The Morgan fingerprint density at radius 2 is 2.41 bits per heavy atom. The van der Waals surface area contributed by atoms with Crippen LogP contribution in [0.25, 0.3) is 0 Å². The van der Waals surface area contributed by atoms with Gasteiger partial charge in [0.2, 0.25) is 5.91 Å². The van der Waals surface area contributed by atoms with Crippen molar-refractivity contribution in [2.45, 2.75) is 12.5 Å². The van der Waals surface area contributed by atoms with Gasteiger partial charge in [-0.3, -0.25) is 4.79 Å². The molecule has 0 bridgehead atoms. The first-order valence-corrected chi connectivity index (χ1v) is 6.31. The molecule has 1 aliphatic heterocycles. The van der Waals surface area contributed by atoms with Crippen molar-refractivity contribution >= 4 is 29.7 Å². The van der Waals surface area contributed by atoms with E-state index in [2.05, 4.69) is 10.6 Å². The van der Waals surface area contributed by atoms with Gasteiger partial charge in [-0.1, -0.05) is 6.07 Å². The van der Waals surface area contributed by atoms with Gasteiger partial charge in [0.25, 0.3) is 0 Å². The molecule has 17 heavy (non-hydrogen) atoms. The average molecular weight is 277 g/mol. The number of halogens is 1. The summed E-state index contributed by atoms with van der Waals surface area (Å²) in [6.07, 6.45) is 0.107. The number of carbonyl (C=O) groups is 1. The van der Waals surface area contributed by atoms with E-state index in [0.29, 0.717) is 19.5 Å². The summed E-state index contributed by atoms with van der Waals surface area (Å²) in [6, 6.07) is 3.90. The zero-order valence-electron chi connectivity index (χ0n) is 9.39. The SMILES string of the molecule is Cl.O=C(Cc1cccs1)NCC1CNCC1O. The third-order valence-corrected chi connectivity index (χ3v) is 3.66. The van der Waals surface area contributed by atoms with Gasteiger partial charge in [0.15, 0.2) is 0 Å². The van der Waals surface area contributed by atoms with Gasteiger partial charge in [-0.05, 0) is 11.4 Å². The van der Waals surface area contributed by atoms with Crippen LogP contribution in [0, 0.1) is 5.92 Å². The van der Waals surface area contributed by atoms with E-state index in [-0.39, 0.29) is 30.3 Å². The molecular formula is C11H17ClN2O2S. The second-order valence-corrected chi connectivity index (χ2v) is 5.08. The minimum Gasteiger partial charge on any atom is -0.391 e. The quantitative estimate of drug-likeness (QED) is 0.747. The van der Waals surface area contributed by atoms with E-state index >= 15 is 0 Å². The number of aliphatic hydroxyl groups excluding tert-OH is 1. The van der Waals surface area contributed by atoms with Gasteiger partial charge >= 0.3 is 0 Å². The molecule has 1 aromatic rings. The molecule has 3 N–H and O–H groups in total. The van der Waals surface area contributed by atoms with Crippen LogP contribution in [0.5, 0.6) is 0 Å². The van der Waals surface area contributed by atoms with Crippen LogP contribution in [0.1, 0.15) is 4.88 Å². The molecule has 1 aromatic heterocycles. The molecule has 0 aromatic carbocycles. The first-order valence-electron chi connectivity index (χ1n) is 5.43. The summed E-state index contributed by atoms with van der Waals surface area (Å²) in [5.74, 6) is 0.175. The fourth-order valence-electron chi connectivity index (χ4n) is 1.81. The summed E-state index contributed by atoms with van der Waals surface area (Å²) in [4.78, 5) is 12.6. The minimum absolute atomic E-state index is 0. The highest BCUT2D eigenvalue weighted by molar-refractivity contribution is 7.10. The van der Waals surface area contributed by atoms with E-state index in [1.165, 1.54) is 0 Å². The maximum atomic E-state index is 11.6. The molecule has 0 saturated carbocycles. The molecule has 0 spiro atoms. The number of β-amino-alcohol motifs (C(OH)–C–C–N with tert-alkyl or cyclic N) is 1. The van der Waals surface area contributed by atoms with Gasteiger partial charge in [-0.15, -0.1) is 23.7 Å². The highest BCUT2D eigenvalue weighted by Crippen LogP contribution is 2.10. The van der Waals surface area contributed by atoms with Crippen LogP contribution in [0.3, 0.4) is 0 Å². The minimum atomic E-state index is -0.331. The first kappa shape index (κ1) is 14.4. The van der Waals surface area contributed by atoms with Gasteiger partial charge in [0.05, 0.1) is 12.5 Å². The van der Waals surface area contributed by atoms with Gasteiger partial charge in [-0.2, -0.15) is 0 Å². The molecule has 4 nitrogen and oxygen atoms in total. The Morgan fingerprint density at radius 3 is 3.00 bits per heavy atom. The number of nitrogens with one attached hydrogen (secondary N) is 2. The topological polar surface area (TPSA) is 61.4 Å². The number of hydrogen-bond acceptors (Lipinski definition) is 4. The maximum Gasteiger partial charge on any atom is 0.225 e. The molecule has 2 atom stereocenters. The first-order chi connectivity index (χ1) is 7.75. The Labute approximate surface area is 111 Å². The van der Waals surface area contributed by atoms with E-state index in [4.69, 9.17) is 0 Å². The molecule has 6 heteroatoms. The molecule has 2 rings (SSSR count). The summed E-state index contributed by atoms with van der Waals surface area (Å²) >= 11 is 1.59. The van der Waals surface area contributed by atoms with Gasteiger partial charge in [0, 0.05) is 30.4 Å². The fourth-order valence-corrected chi connectivity index (χ4v) is 2.51. The summed E-state index contributed by atoms with van der Waals surface area (Å²) < 4.78 is 0. The number of rotatable bonds is 4. The predicted octanol–water partition coefficient (Wildman–Crippen LogP) is 0.409. The Hall–Kier alpha value is -0.620. The van der Waals surface area contributed by atoms with Crippen molar-refractivity contribution in [3.8, 4) is 0 Å². The molecule has 0 radical (unpaired) electrons. The van der Waals surface area contributed by atoms with Crippen molar-refractivity contribution in [3.63, 3.8) is 0 Å². The van der Waals surface area contributed by atoms with Crippen LogP contribution in [0.15, 0.2) is 17.5 Å². The summed E-state index contributed by atoms with van der Waals surface area (Å²) in [5, 5.41) is 17.5. The number of thiophene rings is 1. The number of amides is 1. The summed E-state index contributed by atoms with van der Waals surface area (Å²) in [7, 11) is 0. The number of aliphatic hydroxyl groups is 1. The third kappa shape index (κ3) is 4.27. The predicted molar refractivity (Wildman–Crippen MR) is 70.6 cm³/mol. The summed E-state index contributed by atoms with van der Waals surface area (Å²) in [6.45, 7) is 1.96. The van der Waals surface area contributed by atoms with Crippen molar-refractivity contribution in [3.05, 3.63) is 22.4 Å². The van der Waals surface area contributed by atoms with Crippen LogP contribution < -0.4 is 10.6 Å². The molecule has 96 valence electrons. The average Bonchev–Trinajstić information content (AvgIpc) is 2.87. The molecule has 1 aliphatic rings. The summed E-state index contributed by atoms with van der Waals surface area (Å²) in [5.41, 5.74) is 0. The van der Waals surface area contributed by atoms with Gasteiger partial charge in [-0.25, -0.2) is 0 Å². The highest BCUT2D eigenvalue weighted by atomic mass is 35.5. The Kier molecular flexibility index (Phi) is 5.91. The van der Waals surface area contributed by atoms with E-state index in [1.807, 2.05) is 17.5 Å². The highest BCUT2D eigenvalue weighted by Gasteiger charge is 2.24. The van der Waals surface area contributed by atoms with Gasteiger partial charge in [0.1, 0.15) is 0 Å². The normalized spacial score (nSPS) is 23.1. The number of carbonyl (C=O) groups excluding carboxylic acids is 1. The van der Waals surface area contributed by atoms with E-state index in [9.17, 15) is 9.90 Å². The second-order valence-electron chi connectivity index (χ2n) is 4.05. The fraction of sp³-hybridized carbons (Fsp3) is 0.545. The molecule has 2 unspecified atom stereocenters. The maximum absolute atomic E-state index is 11.6. The number of hydrogen-bond donors (Lipinski definition) is 3. The van der Waals surface area contributed by atoms with Crippen LogP contribution in [-0.4, -0.2) is 36.8 Å². The Morgan fingerprint density at radius 1 is 1.59 bits per heavy atom. The lowest BCUT2D eigenvalue weighted by Gasteiger charge is -2.13. The van der Waals surface area contributed by atoms with E-state index < -0.39 is 0 Å². The molecule has 1 fully saturated rings. The van der Waals surface area contributed by atoms with Crippen molar-refractivity contribution < 1.29 is 9.90 Å². The van der Waals surface area contributed by atoms with Crippen molar-refractivity contribution in [1.82, 2.24) is 10.6 Å². The zero-order chi connectivity index (χ0) is 11.4. The largest absolute Gasteiger partial charge is 0.391 e.